The molecule has 3 fully saturated rings. The normalized spacial score (nSPS) is 25.6. The van der Waals surface area contributed by atoms with Crippen molar-refractivity contribution in [2.24, 2.45) is 10.9 Å². The van der Waals surface area contributed by atoms with Gasteiger partial charge in [0.2, 0.25) is 0 Å². The highest BCUT2D eigenvalue weighted by Gasteiger charge is 2.39. The van der Waals surface area contributed by atoms with E-state index < -0.39 is 0 Å². The molecule has 3 heterocycles. The van der Waals surface area contributed by atoms with Crippen LogP contribution in [-0.2, 0) is 4.74 Å². The lowest BCUT2D eigenvalue weighted by Gasteiger charge is -2.50. The monoisotopic (exact) mass is 493 g/mol. The number of piperidine rings is 2. The van der Waals surface area contributed by atoms with E-state index in [2.05, 4.69) is 32.5 Å². The van der Waals surface area contributed by atoms with Crippen molar-refractivity contribution in [1.29, 1.82) is 0 Å². The maximum atomic E-state index is 5.47. The van der Waals surface area contributed by atoms with Gasteiger partial charge >= 0.3 is 0 Å². The number of hydrogen-bond donors (Lipinski definition) is 2. The third-order valence-electron chi connectivity index (χ3n) is 6.65. The molecule has 0 aromatic rings. The van der Waals surface area contributed by atoms with Gasteiger partial charge in [0.1, 0.15) is 0 Å². The van der Waals surface area contributed by atoms with Gasteiger partial charge in [0.25, 0.3) is 0 Å². The topological polar surface area (TPSA) is 52.1 Å². The first-order valence-electron chi connectivity index (χ1n) is 10.7. The van der Waals surface area contributed by atoms with Crippen LogP contribution in [-0.4, -0.2) is 87.9 Å². The van der Waals surface area contributed by atoms with Gasteiger partial charge in [-0.15, -0.1) is 24.0 Å². The van der Waals surface area contributed by atoms with Gasteiger partial charge < -0.3 is 20.3 Å². The van der Waals surface area contributed by atoms with E-state index in [0.29, 0.717) is 11.5 Å². The summed E-state index contributed by atoms with van der Waals surface area (Å²) in [5, 5.41) is 7.24. The SMILES string of the molecule is CN=C(NCC1CCOCC1)NCC1(N2CCCCC2)CCN(C)CC1.I. The molecule has 3 saturated heterocycles. The van der Waals surface area contributed by atoms with Crippen LogP contribution in [0.4, 0.5) is 0 Å². The molecule has 3 aliphatic rings. The minimum Gasteiger partial charge on any atom is -0.381 e. The first-order chi connectivity index (χ1) is 12.7. The van der Waals surface area contributed by atoms with Gasteiger partial charge in [-0.3, -0.25) is 9.89 Å². The first kappa shape index (κ1) is 23.2. The Labute approximate surface area is 182 Å². The zero-order chi connectivity index (χ0) is 18.2. The highest BCUT2D eigenvalue weighted by Crippen LogP contribution is 2.30. The Balaban J connectivity index is 0.00000261. The summed E-state index contributed by atoms with van der Waals surface area (Å²) < 4.78 is 5.47. The number of likely N-dealkylation sites (tertiary alicyclic amines) is 2. The molecule has 0 amide bonds. The highest BCUT2D eigenvalue weighted by atomic mass is 127. The van der Waals surface area contributed by atoms with Crippen molar-refractivity contribution in [1.82, 2.24) is 20.4 Å². The van der Waals surface area contributed by atoms with E-state index in [4.69, 9.17) is 4.74 Å². The van der Waals surface area contributed by atoms with E-state index >= 15 is 0 Å². The zero-order valence-electron chi connectivity index (χ0n) is 17.3. The number of guanidine groups is 1. The number of halogens is 1. The van der Waals surface area contributed by atoms with E-state index in [1.54, 1.807) is 0 Å². The van der Waals surface area contributed by atoms with Crippen LogP contribution in [0.3, 0.4) is 0 Å². The number of aliphatic imine (C=N–C) groups is 1. The Kier molecular flexibility index (Phi) is 10.1. The predicted octanol–water partition coefficient (Wildman–Crippen LogP) is 2.15. The van der Waals surface area contributed by atoms with Gasteiger partial charge in [-0.2, -0.15) is 0 Å². The molecule has 0 aromatic carbocycles. The standard InChI is InChI=1S/C20H39N5O.HI/c1-21-19(22-16-18-6-14-26-15-7-18)23-17-20(8-12-24(2)13-9-20)25-10-4-3-5-11-25;/h18H,3-17H2,1-2H3,(H2,21,22,23);1H. The second kappa shape index (κ2) is 11.8. The minimum absolute atomic E-state index is 0. The van der Waals surface area contributed by atoms with Crippen molar-refractivity contribution < 1.29 is 4.74 Å². The number of ether oxygens (including phenoxy) is 1. The number of rotatable bonds is 5. The number of nitrogens with one attached hydrogen (secondary N) is 2. The average Bonchev–Trinajstić information content (AvgIpc) is 2.71. The lowest BCUT2D eigenvalue weighted by Crippen LogP contribution is -2.62. The summed E-state index contributed by atoms with van der Waals surface area (Å²) >= 11 is 0. The van der Waals surface area contributed by atoms with Crippen molar-refractivity contribution in [2.45, 2.75) is 50.5 Å². The van der Waals surface area contributed by atoms with Gasteiger partial charge in [0, 0.05) is 38.9 Å². The molecule has 6 nitrogen and oxygen atoms in total. The molecule has 158 valence electrons. The van der Waals surface area contributed by atoms with Gasteiger partial charge in [-0.1, -0.05) is 6.42 Å². The summed E-state index contributed by atoms with van der Waals surface area (Å²) in [7, 11) is 4.14. The summed E-state index contributed by atoms with van der Waals surface area (Å²) in [4.78, 5) is 9.73. The molecule has 3 aliphatic heterocycles. The van der Waals surface area contributed by atoms with Crippen LogP contribution < -0.4 is 10.6 Å². The molecule has 7 heteroatoms. The average molecular weight is 493 g/mol. The summed E-state index contributed by atoms with van der Waals surface area (Å²) in [6, 6.07) is 0. The summed E-state index contributed by atoms with van der Waals surface area (Å²) in [5.74, 6) is 1.67. The predicted molar refractivity (Wildman–Crippen MR) is 123 cm³/mol. The quantitative estimate of drug-likeness (QED) is 0.349. The largest absolute Gasteiger partial charge is 0.381 e. The minimum atomic E-state index is 0. The Morgan fingerprint density at radius 2 is 1.70 bits per heavy atom. The number of hydrogen-bond acceptors (Lipinski definition) is 4. The van der Waals surface area contributed by atoms with Crippen molar-refractivity contribution >= 4 is 29.9 Å². The Bertz CT molecular complexity index is 442. The van der Waals surface area contributed by atoms with Crippen molar-refractivity contribution in [2.75, 3.05) is 66.6 Å². The molecule has 0 radical (unpaired) electrons. The maximum Gasteiger partial charge on any atom is 0.191 e. The van der Waals surface area contributed by atoms with Crippen molar-refractivity contribution in [3.05, 3.63) is 0 Å². The molecule has 3 rings (SSSR count). The van der Waals surface area contributed by atoms with E-state index in [9.17, 15) is 0 Å². The fourth-order valence-electron chi connectivity index (χ4n) is 4.67. The van der Waals surface area contributed by atoms with Gasteiger partial charge in [-0.05, 0) is 77.7 Å². The van der Waals surface area contributed by atoms with Crippen LogP contribution in [0, 0.1) is 5.92 Å². The van der Waals surface area contributed by atoms with Crippen LogP contribution in [0.2, 0.25) is 0 Å². The van der Waals surface area contributed by atoms with Crippen LogP contribution in [0.1, 0.15) is 44.9 Å². The third-order valence-corrected chi connectivity index (χ3v) is 6.65. The first-order valence-corrected chi connectivity index (χ1v) is 10.7. The van der Waals surface area contributed by atoms with Crippen LogP contribution in [0.15, 0.2) is 4.99 Å². The van der Waals surface area contributed by atoms with Crippen molar-refractivity contribution in [3.63, 3.8) is 0 Å². The molecule has 0 saturated carbocycles. The fraction of sp³-hybridized carbons (Fsp3) is 0.950. The Hall–Kier alpha value is -0.120. The molecule has 0 spiro atoms. The molecular weight excluding hydrogens is 453 g/mol. The van der Waals surface area contributed by atoms with E-state index in [0.717, 1.165) is 45.1 Å². The van der Waals surface area contributed by atoms with E-state index in [1.807, 2.05) is 7.05 Å². The molecule has 0 bridgehead atoms. The summed E-state index contributed by atoms with van der Waals surface area (Å²) in [5.41, 5.74) is 0.295. The second-order valence-corrected chi connectivity index (χ2v) is 8.44. The Morgan fingerprint density at radius 3 is 2.33 bits per heavy atom. The van der Waals surface area contributed by atoms with Crippen molar-refractivity contribution in [3.8, 4) is 0 Å². The molecule has 0 aromatic heterocycles. The molecular formula is C20H40IN5O. The summed E-state index contributed by atoms with van der Waals surface area (Å²) in [6.07, 6.45) is 8.94. The second-order valence-electron chi connectivity index (χ2n) is 8.44. The van der Waals surface area contributed by atoms with Gasteiger partial charge in [0.05, 0.1) is 0 Å². The molecule has 0 aliphatic carbocycles. The molecule has 0 unspecified atom stereocenters. The highest BCUT2D eigenvalue weighted by molar-refractivity contribution is 14.0. The van der Waals surface area contributed by atoms with Crippen LogP contribution >= 0.6 is 24.0 Å². The molecule has 2 N–H and O–H groups in total. The molecule has 0 atom stereocenters. The maximum absolute atomic E-state index is 5.47. The third kappa shape index (κ3) is 6.72. The van der Waals surface area contributed by atoms with Gasteiger partial charge in [0.15, 0.2) is 5.96 Å². The van der Waals surface area contributed by atoms with Gasteiger partial charge in [-0.25, -0.2) is 0 Å². The smallest absolute Gasteiger partial charge is 0.191 e. The number of nitrogens with zero attached hydrogens (tertiary/aromatic N) is 3. The lowest BCUT2D eigenvalue weighted by molar-refractivity contribution is 0.0173. The zero-order valence-corrected chi connectivity index (χ0v) is 19.7. The summed E-state index contributed by atoms with van der Waals surface area (Å²) in [6.45, 7) is 8.75. The lowest BCUT2D eigenvalue weighted by atomic mass is 9.84. The molecule has 27 heavy (non-hydrogen) atoms. The van der Waals surface area contributed by atoms with Crippen LogP contribution in [0.5, 0.6) is 0 Å². The van der Waals surface area contributed by atoms with E-state index in [1.165, 1.54) is 58.3 Å². The Morgan fingerprint density at radius 1 is 1.04 bits per heavy atom. The van der Waals surface area contributed by atoms with E-state index in [-0.39, 0.29) is 24.0 Å². The van der Waals surface area contributed by atoms with Crippen LogP contribution in [0.25, 0.3) is 0 Å². The fourth-order valence-corrected chi connectivity index (χ4v) is 4.67.